The maximum atomic E-state index is 9.22. The van der Waals surface area contributed by atoms with Crippen LogP contribution in [0.2, 0.25) is 0 Å². The van der Waals surface area contributed by atoms with Crippen LogP contribution in [0.1, 0.15) is 22.9 Å². The molecule has 0 saturated heterocycles. The lowest BCUT2D eigenvalue weighted by Gasteiger charge is -2.30. The zero-order chi connectivity index (χ0) is 14.1. The van der Waals surface area contributed by atoms with E-state index in [4.69, 9.17) is 5.73 Å². The number of nitrogens with zero attached hydrogens (tertiary/aromatic N) is 3. The number of nitrogens with two attached hydrogens (primary N) is 1. The van der Waals surface area contributed by atoms with Crippen LogP contribution in [0.3, 0.4) is 0 Å². The van der Waals surface area contributed by atoms with Crippen LogP contribution in [0.15, 0.2) is 30.5 Å². The zero-order valence-corrected chi connectivity index (χ0v) is 11.4. The lowest BCUT2D eigenvalue weighted by Crippen LogP contribution is -2.34. The van der Waals surface area contributed by atoms with E-state index >= 15 is 0 Å². The Morgan fingerprint density at radius 1 is 1.50 bits per heavy atom. The fourth-order valence-corrected chi connectivity index (χ4v) is 2.86. The Hall–Kier alpha value is -2.32. The maximum Gasteiger partial charge on any atom is 0.0995 e. The number of hydrogen-bond acceptors (Lipinski definition) is 4. The molecule has 5 nitrogen and oxygen atoms in total. The molecule has 3 rings (SSSR count). The number of hydrogen-bond donors (Lipinski definition) is 2. The first-order valence-corrected chi connectivity index (χ1v) is 6.70. The number of aryl methyl sites for hydroxylation is 1. The van der Waals surface area contributed by atoms with Crippen molar-refractivity contribution in [2.45, 2.75) is 12.5 Å². The van der Waals surface area contributed by atoms with Gasteiger partial charge in [0, 0.05) is 31.4 Å². The molecule has 0 amide bonds. The Labute approximate surface area is 118 Å². The topological polar surface area (TPSA) is 79.7 Å². The molecule has 2 atom stereocenters. The van der Waals surface area contributed by atoms with Gasteiger partial charge in [0.05, 0.1) is 23.4 Å². The Kier molecular flexibility index (Phi) is 3.17. The maximum absolute atomic E-state index is 9.22. The van der Waals surface area contributed by atoms with Crippen LogP contribution in [0.4, 0.5) is 5.69 Å². The summed E-state index contributed by atoms with van der Waals surface area (Å²) in [4.78, 5) is 0. The van der Waals surface area contributed by atoms with E-state index in [0.29, 0.717) is 0 Å². The zero-order valence-electron chi connectivity index (χ0n) is 11.4. The molecule has 0 spiro atoms. The predicted octanol–water partition coefficient (Wildman–Crippen LogP) is 1.58. The van der Waals surface area contributed by atoms with E-state index in [1.807, 2.05) is 36.0 Å². The molecule has 1 aliphatic rings. The summed E-state index contributed by atoms with van der Waals surface area (Å²) in [5.74, 6) is 0.257. The third-order valence-electron chi connectivity index (χ3n) is 4.03. The molecule has 102 valence electrons. The first kappa shape index (κ1) is 12.7. The molecule has 0 fully saturated rings. The summed E-state index contributed by atoms with van der Waals surface area (Å²) in [6.45, 7) is 0.814. The molecule has 2 aromatic rings. The Balaban J connectivity index is 1.89. The molecule has 0 radical (unpaired) electrons. The highest BCUT2D eigenvalue weighted by Crippen LogP contribution is 2.32. The van der Waals surface area contributed by atoms with Gasteiger partial charge in [-0.05, 0) is 30.2 Å². The summed E-state index contributed by atoms with van der Waals surface area (Å²) in [5, 5.41) is 16.8. The predicted molar refractivity (Wildman–Crippen MR) is 77.0 cm³/mol. The minimum absolute atomic E-state index is 0.0881. The summed E-state index contributed by atoms with van der Waals surface area (Å²) < 4.78 is 1.82. The SMILES string of the molecule is Cn1nccc1[C@@H](N)[C@H]1CNc2cccc(C#N)c2C1. The third-order valence-corrected chi connectivity index (χ3v) is 4.03. The summed E-state index contributed by atoms with van der Waals surface area (Å²) in [7, 11) is 1.90. The molecule has 0 saturated carbocycles. The van der Waals surface area contributed by atoms with E-state index < -0.39 is 0 Å². The van der Waals surface area contributed by atoms with E-state index in [0.717, 1.165) is 35.5 Å². The smallest absolute Gasteiger partial charge is 0.0995 e. The Morgan fingerprint density at radius 2 is 2.35 bits per heavy atom. The second kappa shape index (κ2) is 4.99. The lowest BCUT2D eigenvalue weighted by atomic mass is 9.85. The van der Waals surface area contributed by atoms with E-state index in [1.165, 1.54) is 0 Å². The summed E-state index contributed by atoms with van der Waals surface area (Å²) >= 11 is 0. The molecular formula is C15H17N5. The number of anilines is 1. The van der Waals surface area contributed by atoms with Gasteiger partial charge in [0.15, 0.2) is 0 Å². The van der Waals surface area contributed by atoms with Gasteiger partial charge in [-0.1, -0.05) is 6.07 Å². The average molecular weight is 267 g/mol. The first-order valence-electron chi connectivity index (χ1n) is 6.70. The van der Waals surface area contributed by atoms with Gasteiger partial charge in [0.1, 0.15) is 0 Å². The van der Waals surface area contributed by atoms with Crippen LogP contribution >= 0.6 is 0 Å². The van der Waals surface area contributed by atoms with Crippen molar-refractivity contribution in [3.8, 4) is 6.07 Å². The van der Waals surface area contributed by atoms with Gasteiger partial charge in [-0.25, -0.2) is 0 Å². The quantitative estimate of drug-likeness (QED) is 0.865. The molecule has 20 heavy (non-hydrogen) atoms. The van der Waals surface area contributed by atoms with Crippen LogP contribution in [-0.2, 0) is 13.5 Å². The van der Waals surface area contributed by atoms with Crippen LogP contribution in [0.25, 0.3) is 0 Å². The molecule has 0 bridgehead atoms. The fraction of sp³-hybridized carbons (Fsp3) is 0.333. The van der Waals surface area contributed by atoms with Gasteiger partial charge in [-0.2, -0.15) is 10.4 Å². The molecular weight excluding hydrogens is 250 g/mol. The lowest BCUT2D eigenvalue weighted by molar-refractivity contribution is 0.419. The van der Waals surface area contributed by atoms with Crippen LogP contribution in [-0.4, -0.2) is 16.3 Å². The van der Waals surface area contributed by atoms with Crippen molar-refractivity contribution in [2.75, 3.05) is 11.9 Å². The second-order valence-electron chi connectivity index (χ2n) is 5.19. The van der Waals surface area contributed by atoms with Crippen molar-refractivity contribution < 1.29 is 0 Å². The summed E-state index contributed by atoms with van der Waals surface area (Å²) in [6, 6.07) is 9.91. The standard InChI is InChI=1S/C15H17N5/c1-20-14(5-6-19-20)15(17)11-7-12-10(8-16)3-2-4-13(12)18-9-11/h2-6,11,15,18H,7,9,17H2,1H3/t11-,15+/m1/s1. The molecule has 1 aromatic heterocycles. The number of fused-ring (bicyclic) bond motifs is 1. The van der Waals surface area contributed by atoms with Gasteiger partial charge < -0.3 is 11.1 Å². The van der Waals surface area contributed by atoms with Gasteiger partial charge >= 0.3 is 0 Å². The monoisotopic (exact) mass is 267 g/mol. The minimum atomic E-state index is -0.0881. The summed E-state index contributed by atoms with van der Waals surface area (Å²) in [5.41, 5.74) is 10.3. The van der Waals surface area contributed by atoms with Gasteiger partial charge in [0.25, 0.3) is 0 Å². The fourth-order valence-electron chi connectivity index (χ4n) is 2.86. The number of nitrogens with one attached hydrogen (secondary N) is 1. The highest BCUT2D eigenvalue weighted by Gasteiger charge is 2.27. The van der Waals surface area contributed by atoms with Gasteiger partial charge in [-0.15, -0.1) is 0 Å². The minimum Gasteiger partial charge on any atom is -0.384 e. The van der Waals surface area contributed by atoms with Crippen LogP contribution < -0.4 is 11.1 Å². The molecule has 5 heteroatoms. The second-order valence-corrected chi connectivity index (χ2v) is 5.19. The normalized spacial score (nSPS) is 18.8. The van der Waals surface area contributed by atoms with Gasteiger partial charge in [0.2, 0.25) is 0 Å². The molecule has 1 aliphatic heterocycles. The third kappa shape index (κ3) is 2.04. The van der Waals surface area contributed by atoms with E-state index in [1.54, 1.807) is 6.20 Å². The number of benzene rings is 1. The van der Waals surface area contributed by atoms with E-state index in [-0.39, 0.29) is 12.0 Å². The summed E-state index contributed by atoms with van der Waals surface area (Å²) in [6.07, 6.45) is 2.58. The van der Waals surface area contributed by atoms with Crippen molar-refractivity contribution >= 4 is 5.69 Å². The molecule has 0 unspecified atom stereocenters. The molecule has 3 N–H and O–H groups in total. The van der Waals surface area contributed by atoms with Gasteiger partial charge in [-0.3, -0.25) is 4.68 Å². The van der Waals surface area contributed by atoms with Crippen molar-refractivity contribution in [3.05, 3.63) is 47.3 Å². The van der Waals surface area contributed by atoms with Crippen molar-refractivity contribution in [1.29, 1.82) is 5.26 Å². The van der Waals surface area contributed by atoms with Crippen LogP contribution in [0, 0.1) is 17.2 Å². The van der Waals surface area contributed by atoms with E-state index in [2.05, 4.69) is 16.5 Å². The van der Waals surface area contributed by atoms with Crippen LogP contribution in [0.5, 0.6) is 0 Å². The number of aromatic nitrogens is 2. The highest BCUT2D eigenvalue weighted by atomic mass is 15.3. The first-order chi connectivity index (χ1) is 9.70. The largest absolute Gasteiger partial charge is 0.384 e. The molecule has 2 heterocycles. The number of nitriles is 1. The average Bonchev–Trinajstić information content (AvgIpc) is 2.91. The van der Waals surface area contributed by atoms with E-state index in [9.17, 15) is 5.26 Å². The molecule has 1 aromatic carbocycles. The Bertz CT molecular complexity index is 667. The van der Waals surface area contributed by atoms with Crippen molar-refractivity contribution in [1.82, 2.24) is 9.78 Å². The van der Waals surface area contributed by atoms with Crippen molar-refractivity contribution in [2.24, 2.45) is 18.7 Å². The highest BCUT2D eigenvalue weighted by molar-refractivity contribution is 5.60. The number of rotatable bonds is 2. The van der Waals surface area contributed by atoms with Crippen molar-refractivity contribution in [3.63, 3.8) is 0 Å². The molecule has 0 aliphatic carbocycles. The Morgan fingerprint density at radius 3 is 3.05 bits per heavy atom.